The van der Waals surface area contributed by atoms with Crippen LogP contribution >= 0.6 is 0 Å². The molecule has 2 aromatic carbocycles. The summed E-state index contributed by atoms with van der Waals surface area (Å²) in [7, 11) is 0. The summed E-state index contributed by atoms with van der Waals surface area (Å²) in [5.74, 6) is 0. The van der Waals surface area contributed by atoms with Gasteiger partial charge in [-0.05, 0) is 41.5 Å². The van der Waals surface area contributed by atoms with Crippen molar-refractivity contribution in [2.75, 3.05) is 13.1 Å². The van der Waals surface area contributed by atoms with Gasteiger partial charge in [0, 0.05) is 22.3 Å². The molecule has 2 aromatic rings. The van der Waals surface area contributed by atoms with Crippen LogP contribution in [0.3, 0.4) is 0 Å². The van der Waals surface area contributed by atoms with Crippen LogP contribution < -0.4 is 10.6 Å². The quantitative estimate of drug-likeness (QED) is 0.628. The van der Waals surface area contributed by atoms with Gasteiger partial charge in [0.05, 0.1) is 0 Å². The van der Waals surface area contributed by atoms with Crippen LogP contribution in [0.5, 0.6) is 0 Å². The molecular formula is C20H30N2+2. The van der Waals surface area contributed by atoms with Crippen molar-refractivity contribution in [3.8, 4) is 0 Å². The first-order valence-electron chi connectivity index (χ1n) is 8.20. The van der Waals surface area contributed by atoms with Crippen molar-refractivity contribution in [3.63, 3.8) is 0 Å². The summed E-state index contributed by atoms with van der Waals surface area (Å²) in [6, 6.07) is 9.10. The predicted molar refractivity (Wildman–Crippen MR) is 94.2 cm³/mol. The Labute approximate surface area is 135 Å². The average molecular weight is 298 g/mol. The van der Waals surface area contributed by atoms with E-state index in [0.717, 1.165) is 13.1 Å². The fraction of sp³-hybridized carbons (Fsp3) is 0.400. The third-order valence-corrected chi connectivity index (χ3v) is 4.34. The lowest BCUT2D eigenvalue weighted by atomic mass is 10.0. The molecular weight excluding hydrogens is 268 g/mol. The third kappa shape index (κ3) is 3.96. The normalized spacial score (nSPS) is 11.0. The summed E-state index contributed by atoms with van der Waals surface area (Å²) in [6.07, 6.45) is 0. The van der Waals surface area contributed by atoms with Crippen LogP contribution in [-0.4, -0.2) is 13.1 Å². The molecule has 0 amide bonds. The number of rotatable bonds is 5. The van der Waals surface area contributed by atoms with Gasteiger partial charge >= 0.3 is 0 Å². The minimum atomic E-state index is 1.09. The zero-order valence-electron chi connectivity index (χ0n) is 14.9. The number of quaternary nitrogens is 2. The molecule has 0 fully saturated rings. The van der Waals surface area contributed by atoms with Crippen molar-refractivity contribution in [3.05, 3.63) is 57.6 Å². The van der Waals surface area contributed by atoms with E-state index in [1.807, 2.05) is 0 Å². The molecule has 0 saturated carbocycles. The van der Waals surface area contributed by atoms with Gasteiger partial charge in [-0.1, -0.05) is 35.4 Å². The Morgan fingerprint density at radius 3 is 1.09 bits per heavy atom. The molecule has 2 nitrogen and oxygen atoms in total. The van der Waals surface area contributed by atoms with Gasteiger partial charge in [0.2, 0.25) is 0 Å². The maximum Gasteiger partial charge on any atom is 0.135 e. The van der Waals surface area contributed by atoms with Crippen LogP contribution in [0.4, 0.5) is 11.4 Å². The van der Waals surface area contributed by atoms with Crippen LogP contribution in [0.1, 0.15) is 33.4 Å². The highest BCUT2D eigenvalue weighted by Gasteiger charge is 2.10. The molecule has 0 aliphatic rings. The molecule has 0 heterocycles. The van der Waals surface area contributed by atoms with E-state index < -0.39 is 0 Å². The third-order valence-electron chi connectivity index (χ3n) is 4.34. The van der Waals surface area contributed by atoms with Crippen LogP contribution in [-0.2, 0) is 0 Å². The Morgan fingerprint density at radius 1 is 0.545 bits per heavy atom. The molecule has 22 heavy (non-hydrogen) atoms. The van der Waals surface area contributed by atoms with E-state index in [-0.39, 0.29) is 0 Å². The van der Waals surface area contributed by atoms with E-state index in [9.17, 15) is 0 Å². The maximum absolute atomic E-state index is 2.39. The molecule has 0 radical (unpaired) electrons. The molecule has 0 aliphatic heterocycles. The highest BCUT2D eigenvalue weighted by atomic mass is 15.0. The minimum absolute atomic E-state index is 1.09. The fourth-order valence-corrected chi connectivity index (χ4v) is 3.48. The van der Waals surface area contributed by atoms with Gasteiger partial charge in [-0.15, -0.1) is 0 Å². The highest BCUT2D eigenvalue weighted by molar-refractivity contribution is 5.48. The fourth-order valence-electron chi connectivity index (χ4n) is 3.48. The van der Waals surface area contributed by atoms with E-state index in [2.05, 4.69) is 76.4 Å². The molecule has 0 saturated heterocycles. The first-order valence-corrected chi connectivity index (χ1v) is 8.20. The van der Waals surface area contributed by atoms with Crippen molar-refractivity contribution >= 4 is 11.4 Å². The maximum atomic E-state index is 2.39. The molecule has 0 spiro atoms. The lowest BCUT2D eigenvalue weighted by molar-refractivity contribution is -0.646. The van der Waals surface area contributed by atoms with Crippen molar-refractivity contribution < 1.29 is 10.6 Å². The number of benzene rings is 2. The van der Waals surface area contributed by atoms with E-state index in [1.54, 1.807) is 0 Å². The van der Waals surface area contributed by atoms with Gasteiger partial charge < -0.3 is 10.6 Å². The SMILES string of the molecule is Cc1cc(C)c([NH2+]CC[NH2+]c2c(C)cc(C)cc2C)c(C)c1. The van der Waals surface area contributed by atoms with Gasteiger partial charge in [-0.3, -0.25) is 0 Å². The van der Waals surface area contributed by atoms with E-state index in [1.165, 1.54) is 44.8 Å². The summed E-state index contributed by atoms with van der Waals surface area (Å²) in [6.45, 7) is 15.4. The van der Waals surface area contributed by atoms with Gasteiger partial charge in [-0.25, -0.2) is 0 Å². The van der Waals surface area contributed by atoms with Gasteiger partial charge in [0.25, 0.3) is 0 Å². The molecule has 118 valence electrons. The smallest absolute Gasteiger partial charge is 0.135 e. The van der Waals surface area contributed by atoms with Crippen molar-refractivity contribution in [1.29, 1.82) is 0 Å². The summed E-state index contributed by atoms with van der Waals surface area (Å²) in [5.41, 5.74) is 11.1. The van der Waals surface area contributed by atoms with Gasteiger partial charge in [0.15, 0.2) is 0 Å². The number of aryl methyl sites for hydroxylation is 6. The molecule has 0 unspecified atom stereocenters. The van der Waals surface area contributed by atoms with Crippen molar-refractivity contribution in [2.45, 2.75) is 41.5 Å². The van der Waals surface area contributed by atoms with Crippen molar-refractivity contribution in [2.24, 2.45) is 0 Å². The standard InChI is InChI=1S/C20H28N2/c1-13-9-15(3)19(16(4)10-13)21-7-8-22-20-17(5)11-14(2)12-18(20)6/h9-12,21-22H,7-8H2,1-6H3/p+2. The van der Waals surface area contributed by atoms with Gasteiger partial charge in [0.1, 0.15) is 24.5 Å². The largest absolute Gasteiger partial charge is 0.309 e. The summed E-state index contributed by atoms with van der Waals surface area (Å²) in [5, 5.41) is 4.78. The van der Waals surface area contributed by atoms with Crippen LogP contribution in [0.25, 0.3) is 0 Å². The van der Waals surface area contributed by atoms with Crippen LogP contribution in [0.2, 0.25) is 0 Å². The second kappa shape index (κ2) is 7.08. The Balaban J connectivity index is 1.96. The van der Waals surface area contributed by atoms with E-state index in [4.69, 9.17) is 0 Å². The molecule has 2 heteroatoms. The van der Waals surface area contributed by atoms with Crippen LogP contribution in [0.15, 0.2) is 24.3 Å². The Morgan fingerprint density at radius 2 is 0.818 bits per heavy atom. The monoisotopic (exact) mass is 298 g/mol. The zero-order chi connectivity index (χ0) is 16.3. The number of hydrogen-bond donors (Lipinski definition) is 2. The number of hydrogen-bond acceptors (Lipinski definition) is 0. The lowest BCUT2D eigenvalue weighted by Crippen LogP contribution is -2.90. The molecule has 0 bridgehead atoms. The summed E-state index contributed by atoms with van der Waals surface area (Å²) < 4.78 is 0. The van der Waals surface area contributed by atoms with E-state index >= 15 is 0 Å². The number of nitrogens with two attached hydrogens (primary N) is 2. The molecule has 0 aromatic heterocycles. The average Bonchev–Trinajstić information content (AvgIpc) is 2.38. The summed E-state index contributed by atoms with van der Waals surface area (Å²) >= 11 is 0. The first-order chi connectivity index (χ1) is 10.4. The predicted octanol–water partition coefficient (Wildman–Crippen LogP) is 2.63. The minimum Gasteiger partial charge on any atom is -0.309 e. The second-order valence-corrected chi connectivity index (χ2v) is 6.61. The molecule has 2 rings (SSSR count). The van der Waals surface area contributed by atoms with E-state index in [0.29, 0.717) is 0 Å². The molecule has 0 atom stereocenters. The Hall–Kier alpha value is -1.64. The first kappa shape index (κ1) is 16.7. The molecule has 0 aliphatic carbocycles. The van der Waals surface area contributed by atoms with Gasteiger partial charge in [-0.2, -0.15) is 0 Å². The Bertz CT molecular complexity index is 566. The highest BCUT2D eigenvalue weighted by Crippen LogP contribution is 2.17. The topological polar surface area (TPSA) is 33.2 Å². The zero-order valence-corrected chi connectivity index (χ0v) is 14.9. The molecule has 4 N–H and O–H groups in total. The lowest BCUT2D eigenvalue weighted by Gasteiger charge is -2.11. The van der Waals surface area contributed by atoms with Crippen molar-refractivity contribution in [1.82, 2.24) is 0 Å². The van der Waals surface area contributed by atoms with Crippen LogP contribution in [0, 0.1) is 41.5 Å². The second-order valence-electron chi connectivity index (χ2n) is 6.61. The summed E-state index contributed by atoms with van der Waals surface area (Å²) in [4.78, 5) is 0. The Kier molecular flexibility index (Phi) is 5.38.